The van der Waals surface area contributed by atoms with Crippen LogP contribution >= 0.6 is 0 Å². The molecule has 0 radical (unpaired) electrons. The predicted molar refractivity (Wildman–Crippen MR) is 78.7 cm³/mol. The summed E-state index contributed by atoms with van der Waals surface area (Å²) < 4.78 is 7.48. The molecule has 1 aromatic heterocycles. The van der Waals surface area contributed by atoms with E-state index in [1.54, 1.807) is 0 Å². The fraction of sp³-hybridized carbons (Fsp3) is 0.562. The van der Waals surface area contributed by atoms with Gasteiger partial charge in [-0.1, -0.05) is 18.2 Å². The molecule has 1 aromatic carbocycles. The molecule has 2 aromatic rings. The van der Waals surface area contributed by atoms with Gasteiger partial charge < -0.3 is 9.84 Å². The highest BCUT2D eigenvalue weighted by atomic mass is 16.5. The zero-order chi connectivity index (χ0) is 13.9. The Kier molecular flexibility index (Phi) is 4.03. The number of hydrogen-bond donors (Lipinski definition) is 1. The molecule has 0 spiro atoms. The average Bonchev–Trinajstić information content (AvgIpc) is 2.86. The normalized spacial score (nSPS) is 21.2. The standard InChI is InChI=1S/C16H22N2O2/c1-2-18-15-8-4-3-7-13(15)14(17-18)10-16(19)12-6-5-9-20-11-12/h3-4,7-8,12,16,19H,2,5-6,9-11H2,1H3. The minimum Gasteiger partial charge on any atom is -0.392 e. The van der Waals surface area contributed by atoms with Crippen LogP contribution in [0.25, 0.3) is 10.9 Å². The van der Waals surface area contributed by atoms with Gasteiger partial charge >= 0.3 is 0 Å². The molecule has 4 heteroatoms. The molecule has 20 heavy (non-hydrogen) atoms. The summed E-state index contributed by atoms with van der Waals surface area (Å²) in [5.74, 6) is 0.245. The van der Waals surface area contributed by atoms with Crippen LogP contribution in [0.5, 0.6) is 0 Å². The monoisotopic (exact) mass is 274 g/mol. The molecule has 2 atom stereocenters. The van der Waals surface area contributed by atoms with E-state index in [0.29, 0.717) is 13.0 Å². The number of hydrogen-bond acceptors (Lipinski definition) is 3. The Morgan fingerprint density at radius 2 is 2.30 bits per heavy atom. The molecule has 108 valence electrons. The van der Waals surface area contributed by atoms with Gasteiger partial charge in [0.1, 0.15) is 0 Å². The van der Waals surface area contributed by atoms with Crippen molar-refractivity contribution < 1.29 is 9.84 Å². The van der Waals surface area contributed by atoms with Gasteiger partial charge in [-0.2, -0.15) is 5.10 Å². The van der Waals surface area contributed by atoms with Gasteiger partial charge in [-0.05, 0) is 25.8 Å². The van der Waals surface area contributed by atoms with Gasteiger partial charge in [0.15, 0.2) is 0 Å². The number of aliphatic hydroxyl groups excluding tert-OH is 1. The van der Waals surface area contributed by atoms with Crippen LogP contribution in [0.1, 0.15) is 25.5 Å². The second-order valence-corrected chi connectivity index (χ2v) is 5.53. The molecule has 2 unspecified atom stereocenters. The van der Waals surface area contributed by atoms with Crippen molar-refractivity contribution in [3.8, 4) is 0 Å². The fourth-order valence-electron chi connectivity index (χ4n) is 3.02. The zero-order valence-corrected chi connectivity index (χ0v) is 12.0. The van der Waals surface area contributed by atoms with Crippen LogP contribution in [-0.4, -0.2) is 34.2 Å². The van der Waals surface area contributed by atoms with E-state index in [1.165, 1.54) is 0 Å². The predicted octanol–water partition coefficient (Wildman–Crippen LogP) is 2.39. The first kappa shape index (κ1) is 13.6. The number of aromatic nitrogens is 2. The molecule has 0 aliphatic carbocycles. The quantitative estimate of drug-likeness (QED) is 0.931. The van der Waals surface area contributed by atoms with E-state index in [2.05, 4.69) is 24.2 Å². The molecule has 0 bridgehead atoms. The first-order chi connectivity index (χ1) is 9.79. The Labute approximate surface area is 119 Å². The lowest BCUT2D eigenvalue weighted by Crippen LogP contribution is -2.30. The lowest BCUT2D eigenvalue weighted by atomic mass is 9.92. The lowest BCUT2D eigenvalue weighted by molar-refractivity contribution is -0.00872. The maximum absolute atomic E-state index is 10.4. The third-order valence-electron chi connectivity index (χ3n) is 4.18. The first-order valence-electron chi connectivity index (χ1n) is 7.50. The molecule has 1 saturated heterocycles. The van der Waals surface area contributed by atoms with Crippen molar-refractivity contribution in [2.24, 2.45) is 5.92 Å². The summed E-state index contributed by atoms with van der Waals surface area (Å²) in [6.45, 7) is 4.45. The molecule has 2 heterocycles. The highest BCUT2D eigenvalue weighted by molar-refractivity contribution is 5.82. The van der Waals surface area contributed by atoms with E-state index in [0.717, 1.165) is 42.6 Å². The summed E-state index contributed by atoms with van der Waals surface area (Å²) in [6, 6.07) is 8.24. The van der Waals surface area contributed by atoms with Crippen LogP contribution in [0.3, 0.4) is 0 Å². The Morgan fingerprint density at radius 1 is 1.45 bits per heavy atom. The second kappa shape index (κ2) is 5.94. The highest BCUT2D eigenvalue weighted by Gasteiger charge is 2.24. The first-order valence-corrected chi connectivity index (χ1v) is 7.50. The maximum Gasteiger partial charge on any atom is 0.0729 e. The van der Waals surface area contributed by atoms with Gasteiger partial charge in [0.2, 0.25) is 0 Å². The van der Waals surface area contributed by atoms with Crippen molar-refractivity contribution in [3.05, 3.63) is 30.0 Å². The van der Waals surface area contributed by atoms with Crippen molar-refractivity contribution in [2.45, 2.75) is 38.8 Å². The summed E-state index contributed by atoms with van der Waals surface area (Å²) in [7, 11) is 0. The Balaban J connectivity index is 1.83. The van der Waals surface area contributed by atoms with E-state index in [-0.39, 0.29) is 12.0 Å². The Hall–Kier alpha value is -1.39. The van der Waals surface area contributed by atoms with E-state index >= 15 is 0 Å². The Morgan fingerprint density at radius 3 is 3.05 bits per heavy atom. The zero-order valence-electron chi connectivity index (χ0n) is 12.0. The molecule has 1 fully saturated rings. The molecular formula is C16H22N2O2. The average molecular weight is 274 g/mol. The minimum atomic E-state index is -0.362. The number of ether oxygens (including phenoxy) is 1. The van der Waals surface area contributed by atoms with Gasteiger partial charge in [0.25, 0.3) is 0 Å². The summed E-state index contributed by atoms with van der Waals surface area (Å²) in [5.41, 5.74) is 2.15. The third kappa shape index (κ3) is 2.58. The molecular weight excluding hydrogens is 252 g/mol. The highest BCUT2D eigenvalue weighted by Crippen LogP contribution is 2.24. The lowest BCUT2D eigenvalue weighted by Gasteiger charge is -2.26. The van der Waals surface area contributed by atoms with Crippen molar-refractivity contribution in [3.63, 3.8) is 0 Å². The second-order valence-electron chi connectivity index (χ2n) is 5.53. The molecule has 0 saturated carbocycles. The van der Waals surface area contributed by atoms with Gasteiger partial charge in [-0.3, -0.25) is 4.68 Å². The number of para-hydroxylation sites is 1. The summed E-state index contributed by atoms with van der Waals surface area (Å²) in [6.07, 6.45) is 2.35. The summed E-state index contributed by atoms with van der Waals surface area (Å²) in [5, 5.41) is 16.3. The SMILES string of the molecule is CCn1nc(CC(O)C2CCCOC2)c2ccccc21. The van der Waals surface area contributed by atoms with Crippen LogP contribution in [0, 0.1) is 5.92 Å². The number of fused-ring (bicyclic) bond motifs is 1. The molecule has 0 amide bonds. The molecule has 3 rings (SSSR count). The number of benzene rings is 1. The molecule has 4 nitrogen and oxygen atoms in total. The fourth-order valence-corrected chi connectivity index (χ4v) is 3.02. The summed E-state index contributed by atoms with van der Waals surface area (Å²) >= 11 is 0. The van der Waals surface area contributed by atoms with Crippen molar-refractivity contribution in [2.75, 3.05) is 13.2 Å². The van der Waals surface area contributed by atoms with Gasteiger partial charge in [0.05, 0.1) is 23.9 Å². The van der Waals surface area contributed by atoms with E-state index < -0.39 is 0 Å². The van der Waals surface area contributed by atoms with Crippen LogP contribution in [0.4, 0.5) is 0 Å². The van der Waals surface area contributed by atoms with E-state index in [1.807, 2.05) is 16.8 Å². The third-order valence-corrected chi connectivity index (χ3v) is 4.18. The van der Waals surface area contributed by atoms with Crippen molar-refractivity contribution in [1.82, 2.24) is 9.78 Å². The largest absolute Gasteiger partial charge is 0.392 e. The topological polar surface area (TPSA) is 47.3 Å². The van der Waals surface area contributed by atoms with Crippen LogP contribution < -0.4 is 0 Å². The van der Waals surface area contributed by atoms with Crippen molar-refractivity contribution in [1.29, 1.82) is 0 Å². The van der Waals surface area contributed by atoms with Crippen LogP contribution in [0.2, 0.25) is 0 Å². The van der Waals surface area contributed by atoms with E-state index in [9.17, 15) is 5.11 Å². The molecule has 1 N–H and O–H groups in total. The van der Waals surface area contributed by atoms with Crippen LogP contribution in [0.15, 0.2) is 24.3 Å². The molecule has 1 aliphatic rings. The minimum absolute atomic E-state index is 0.245. The van der Waals surface area contributed by atoms with Gasteiger partial charge in [-0.25, -0.2) is 0 Å². The smallest absolute Gasteiger partial charge is 0.0729 e. The molecule has 1 aliphatic heterocycles. The number of aryl methyl sites for hydroxylation is 1. The number of aliphatic hydroxyl groups is 1. The van der Waals surface area contributed by atoms with Crippen LogP contribution in [-0.2, 0) is 17.7 Å². The van der Waals surface area contributed by atoms with Gasteiger partial charge in [0, 0.05) is 30.9 Å². The van der Waals surface area contributed by atoms with Crippen molar-refractivity contribution >= 4 is 10.9 Å². The maximum atomic E-state index is 10.4. The van der Waals surface area contributed by atoms with Gasteiger partial charge in [-0.15, -0.1) is 0 Å². The summed E-state index contributed by atoms with van der Waals surface area (Å²) in [4.78, 5) is 0. The van der Waals surface area contributed by atoms with E-state index in [4.69, 9.17) is 4.74 Å². The number of rotatable bonds is 4. The number of nitrogens with zero attached hydrogens (tertiary/aromatic N) is 2. The Bertz CT molecular complexity index is 573.